The van der Waals surface area contributed by atoms with Gasteiger partial charge in [0.05, 0.1) is 11.1 Å². The Morgan fingerprint density at radius 1 is 1.11 bits per heavy atom. The lowest BCUT2D eigenvalue weighted by molar-refractivity contribution is 0.191. The fourth-order valence-electron chi connectivity index (χ4n) is 1.95. The maximum absolute atomic E-state index is 6.27. The monoisotopic (exact) mass is 303 g/mol. The topological polar surface area (TPSA) is 35.2 Å². The van der Waals surface area contributed by atoms with Gasteiger partial charge >= 0.3 is 0 Å². The van der Waals surface area contributed by atoms with Crippen LogP contribution in [0, 0.1) is 0 Å². The zero-order valence-corrected chi connectivity index (χ0v) is 13.4. The van der Waals surface area contributed by atoms with E-state index < -0.39 is 0 Å². The highest BCUT2D eigenvalue weighted by molar-refractivity contribution is 6.35. The standard InChI is InChI=1S/C15H23Cl2NO/c1-4-12(18)8-10-7-11(16)9-14(17)15(10)19-13(5-2)6-3/h7,9,12-13H,4-6,8,18H2,1-3H3. The first-order valence-corrected chi connectivity index (χ1v) is 7.67. The van der Waals surface area contributed by atoms with Gasteiger partial charge in [0.1, 0.15) is 5.75 Å². The van der Waals surface area contributed by atoms with Crippen molar-refractivity contribution in [3.05, 3.63) is 27.7 Å². The van der Waals surface area contributed by atoms with Gasteiger partial charge in [0.25, 0.3) is 0 Å². The van der Waals surface area contributed by atoms with Gasteiger partial charge < -0.3 is 10.5 Å². The van der Waals surface area contributed by atoms with Gasteiger partial charge in [-0.3, -0.25) is 0 Å². The largest absolute Gasteiger partial charge is 0.489 e. The molecule has 19 heavy (non-hydrogen) atoms. The SMILES string of the molecule is CCC(N)Cc1cc(Cl)cc(Cl)c1OC(CC)CC. The lowest BCUT2D eigenvalue weighted by Gasteiger charge is -2.21. The zero-order valence-electron chi connectivity index (χ0n) is 11.9. The van der Waals surface area contributed by atoms with Crippen LogP contribution in [-0.4, -0.2) is 12.1 Å². The van der Waals surface area contributed by atoms with Crippen molar-refractivity contribution >= 4 is 23.2 Å². The third kappa shape index (κ3) is 4.87. The quantitative estimate of drug-likeness (QED) is 0.782. The van der Waals surface area contributed by atoms with E-state index >= 15 is 0 Å². The molecule has 0 saturated carbocycles. The number of halogens is 2. The van der Waals surface area contributed by atoms with Crippen molar-refractivity contribution in [2.45, 2.75) is 58.6 Å². The first-order chi connectivity index (χ1) is 9.01. The summed E-state index contributed by atoms with van der Waals surface area (Å²) >= 11 is 12.3. The van der Waals surface area contributed by atoms with Crippen molar-refractivity contribution in [2.75, 3.05) is 0 Å². The predicted octanol–water partition coefficient (Wildman–Crippen LogP) is 4.84. The van der Waals surface area contributed by atoms with Crippen molar-refractivity contribution in [1.29, 1.82) is 0 Å². The van der Waals surface area contributed by atoms with Gasteiger partial charge in [-0.25, -0.2) is 0 Å². The summed E-state index contributed by atoms with van der Waals surface area (Å²) in [4.78, 5) is 0. The van der Waals surface area contributed by atoms with Crippen LogP contribution in [0.5, 0.6) is 5.75 Å². The summed E-state index contributed by atoms with van der Waals surface area (Å²) in [5.74, 6) is 0.740. The lowest BCUT2D eigenvalue weighted by atomic mass is 10.0. The van der Waals surface area contributed by atoms with Gasteiger partial charge in [0.15, 0.2) is 0 Å². The van der Waals surface area contributed by atoms with Crippen LogP contribution in [0.15, 0.2) is 12.1 Å². The summed E-state index contributed by atoms with van der Waals surface area (Å²) in [6.07, 6.45) is 3.72. The summed E-state index contributed by atoms with van der Waals surface area (Å²) in [6, 6.07) is 3.72. The Balaban J connectivity index is 3.05. The van der Waals surface area contributed by atoms with Crippen molar-refractivity contribution in [1.82, 2.24) is 0 Å². The molecule has 0 aliphatic heterocycles. The lowest BCUT2D eigenvalue weighted by Crippen LogP contribution is -2.23. The second-order valence-corrected chi connectivity index (χ2v) is 5.65. The van der Waals surface area contributed by atoms with E-state index in [1.54, 1.807) is 6.07 Å². The molecule has 2 N–H and O–H groups in total. The molecule has 0 fully saturated rings. The third-order valence-corrected chi connectivity index (χ3v) is 3.79. The molecule has 4 heteroatoms. The first-order valence-electron chi connectivity index (χ1n) is 6.91. The number of benzene rings is 1. The molecule has 0 saturated heterocycles. The molecule has 1 aromatic carbocycles. The average Bonchev–Trinajstić information content (AvgIpc) is 2.38. The van der Waals surface area contributed by atoms with Gasteiger partial charge in [0, 0.05) is 11.1 Å². The number of ether oxygens (including phenoxy) is 1. The molecule has 0 aliphatic carbocycles. The van der Waals surface area contributed by atoms with Crippen molar-refractivity contribution < 1.29 is 4.74 Å². The second kappa shape index (κ2) is 7.98. The minimum absolute atomic E-state index is 0.0959. The molecule has 0 amide bonds. The van der Waals surface area contributed by atoms with Gasteiger partial charge in [-0.15, -0.1) is 0 Å². The molecule has 0 radical (unpaired) electrons. The Labute approximate surface area is 126 Å². The van der Waals surface area contributed by atoms with Crippen LogP contribution in [0.2, 0.25) is 10.0 Å². The molecule has 0 bridgehead atoms. The van der Waals surface area contributed by atoms with Crippen LogP contribution >= 0.6 is 23.2 Å². The molecule has 2 nitrogen and oxygen atoms in total. The van der Waals surface area contributed by atoms with E-state index in [2.05, 4.69) is 20.8 Å². The molecular formula is C15H23Cl2NO. The van der Waals surface area contributed by atoms with Crippen LogP contribution in [0.3, 0.4) is 0 Å². The highest BCUT2D eigenvalue weighted by Gasteiger charge is 2.16. The summed E-state index contributed by atoms with van der Waals surface area (Å²) in [5.41, 5.74) is 7.03. The molecule has 1 aromatic rings. The molecule has 0 spiro atoms. The van der Waals surface area contributed by atoms with Gasteiger partial charge in [0.2, 0.25) is 0 Å². The number of nitrogens with two attached hydrogens (primary N) is 1. The number of hydrogen-bond acceptors (Lipinski definition) is 2. The maximum atomic E-state index is 6.27. The van der Waals surface area contributed by atoms with Crippen LogP contribution in [-0.2, 0) is 6.42 Å². The van der Waals surface area contributed by atoms with Gasteiger partial charge in [-0.1, -0.05) is 44.0 Å². The zero-order chi connectivity index (χ0) is 14.4. The van der Waals surface area contributed by atoms with E-state index in [0.29, 0.717) is 10.0 Å². The highest BCUT2D eigenvalue weighted by atomic mass is 35.5. The van der Waals surface area contributed by atoms with Crippen molar-refractivity contribution in [3.63, 3.8) is 0 Å². The number of rotatable bonds is 7. The highest BCUT2D eigenvalue weighted by Crippen LogP contribution is 2.34. The smallest absolute Gasteiger partial charge is 0.141 e. The first kappa shape index (κ1) is 16.6. The Bertz CT molecular complexity index is 405. The van der Waals surface area contributed by atoms with Crippen molar-refractivity contribution in [2.24, 2.45) is 5.73 Å². The van der Waals surface area contributed by atoms with E-state index in [1.807, 2.05) is 6.07 Å². The van der Waals surface area contributed by atoms with E-state index in [4.69, 9.17) is 33.7 Å². The third-order valence-electron chi connectivity index (χ3n) is 3.29. The summed E-state index contributed by atoms with van der Waals surface area (Å²) in [7, 11) is 0. The van der Waals surface area contributed by atoms with Crippen LogP contribution in [0.25, 0.3) is 0 Å². The van der Waals surface area contributed by atoms with E-state index in [-0.39, 0.29) is 12.1 Å². The van der Waals surface area contributed by atoms with E-state index in [9.17, 15) is 0 Å². The minimum Gasteiger partial charge on any atom is -0.489 e. The Hall–Kier alpha value is -0.440. The van der Waals surface area contributed by atoms with Crippen LogP contribution < -0.4 is 10.5 Å². The summed E-state index contributed by atoms with van der Waals surface area (Å²) in [6.45, 7) is 6.28. The molecule has 0 heterocycles. The molecule has 1 atom stereocenters. The Morgan fingerprint density at radius 2 is 1.74 bits per heavy atom. The molecule has 0 aliphatic rings. The fourth-order valence-corrected chi connectivity index (χ4v) is 2.53. The predicted molar refractivity (Wildman–Crippen MR) is 83.4 cm³/mol. The molecule has 108 valence electrons. The van der Waals surface area contributed by atoms with Crippen LogP contribution in [0.1, 0.15) is 45.6 Å². The van der Waals surface area contributed by atoms with E-state index in [0.717, 1.165) is 37.0 Å². The average molecular weight is 304 g/mol. The van der Waals surface area contributed by atoms with Gasteiger partial charge in [-0.2, -0.15) is 0 Å². The fraction of sp³-hybridized carbons (Fsp3) is 0.600. The van der Waals surface area contributed by atoms with Crippen LogP contribution in [0.4, 0.5) is 0 Å². The Kier molecular flexibility index (Phi) is 6.98. The number of hydrogen-bond donors (Lipinski definition) is 1. The maximum Gasteiger partial charge on any atom is 0.141 e. The van der Waals surface area contributed by atoms with Gasteiger partial charge in [-0.05, 0) is 43.4 Å². The minimum atomic E-state index is 0.0959. The summed E-state index contributed by atoms with van der Waals surface area (Å²) < 4.78 is 6.03. The second-order valence-electron chi connectivity index (χ2n) is 4.80. The molecule has 0 aromatic heterocycles. The molecule has 1 unspecified atom stereocenters. The summed E-state index contributed by atoms with van der Waals surface area (Å²) in [5, 5.41) is 1.19. The Morgan fingerprint density at radius 3 is 2.26 bits per heavy atom. The molecule has 1 rings (SSSR count). The molecular weight excluding hydrogens is 281 g/mol. The van der Waals surface area contributed by atoms with Crippen molar-refractivity contribution in [3.8, 4) is 5.75 Å². The normalized spacial score (nSPS) is 12.8. The van der Waals surface area contributed by atoms with E-state index in [1.165, 1.54) is 0 Å².